The Morgan fingerprint density at radius 1 is 1.24 bits per heavy atom. The van der Waals surface area contributed by atoms with Crippen LogP contribution in [0.5, 0.6) is 0 Å². The van der Waals surface area contributed by atoms with Gasteiger partial charge < -0.3 is 10.1 Å². The Bertz CT molecular complexity index is 824. The second-order valence-corrected chi connectivity index (χ2v) is 8.04. The van der Waals surface area contributed by atoms with Crippen molar-refractivity contribution in [3.8, 4) is 11.1 Å². The van der Waals surface area contributed by atoms with Gasteiger partial charge in [0.05, 0.1) is 6.04 Å². The number of ether oxygens (including phenoxy) is 1. The van der Waals surface area contributed by atoms with E-state index in [2.05, 4.69) is 46.6 Å². The summed E-state index contributed by atoms with van der Waals surface area (Å²) in [6, 6.07) is 14.7. The monoisotopic (exact) mass is 414 g/mol. The fourth-order valence-corrected chi connectivity index (χ4v) is 4.00. The number of hydrogen-bond acceptors (Lipinski definition) is 3. The zero-order valence-electron chi connectivity index (χ0n) is 17.4. The maximum absolute atomic E-state index is 12.6. The van der Waals surface area contributed by atoms with E-state index in [1.807, 2.05) is 19.9 Å². The number of aryl methyl sites for hydroxylation is 1. The van der Waals surface area contributed by atoms with Crippen LogP contribution in [0.15, 0.2) is 42.5 Å². The number of likely N-dealkylation sites (tertiary alicyclic amines) is 1. The lowest BCUT2D eigenvalue weighted by molar-refractivity contribution is -0.125. The predicted octanol–water partition coefficient (Wildman–Crippen LogP) is 4.82. The van der Waals surface area contributed by atoms with Crippen molar-refractivity contribution in [3.05, 3.63) is 58.6 Å². The van der Waals surface area contributed by atoms with Crippen LogP contribution in [-0.2, 0) is 16.1 Å². The van der Waals surface area contributed by atoms with Gasteiger partial charge in [-0.05, 0) is 74.0 Å². The molecule has 0 aromatic heterocycles. The fourth-order valence-electron chi connectivity index (χ4n) is 3.82. The molecule has 3 rings (SSSR count). The number of halogens is 1. The highest BCUT2D eigenvalue weighted by Crippen LogP contribution is 2.27. The molecule has 156 valence electrons. The second-order valence-electron chi connectivity index (χ2n) is 7.63. The summed E-state index contributed by atoms with van der Waals surface area (Å²) in [5.41, 5.74) is 4.57. The van der Waals surface area contributed by atoms with Gasteiger partial charge in [0.1, 0.15) is 0 Å². The summed E-state index contributed by atoms with van der Waals surface area (Å²) in [5.74, 6) is 0.139. The summed E-state index contributed by atoms with van der Waals surface area (Å²) in [7, 11) is 0. The maximum Gasteiger partial charge on any atom is 0.237 e. The fraction of sp³-hybridized carbons (Fsp3) is 0.458. The lowest BCUT2D eigenvalue weighted by Gasteiger charge is -2.24. The van der Waals surface area contributed by atoms with Crippen molar-refractivity contribution >= 4 is 17.5 Å². The van der Waals surface area contributed by atoms with E-state index in [-0.39, 0.29) is 11.9 Å². The predicted molar refractivity (Wildman–Crippen MR) is 119 cm³/mol. The Labute approximate surface area is 179 Å². The van der Waals surface area contributed by atoms with Gasteiger partial charge in [-0.3, -0.25) is 9.69 Å². The standard InChI is InChI=1S/C24H31ClN2O2/c1-3-29-14-6-12-26-24(28)23-9-5-13-27(23)17-19-7-4-8-20(15-19)21-11-10-18(2)22(25)16-21/h4,7-8,10-11,15-16,23H,3,5-6,9,12-14,17H2,1-2H3,(H,26,28). The van der Waals surface area contributed by atoms with Crippen LogP contribution < -0.4 is 5.32 Å². The van der Waals surface area contributed by atoms with Gasteiger partial charge in [0, 0.05) is 31.3 Å². The molecule has 0 saturated carbocycles. The summed E-state index contributed by atoms with van der Waals surface area (Å²) in [4.78, 5) is 14.9. The molecule has 4 nitrogen and oxygen atoms in total. The van der Waals surface area contributed by atoms with E-state index in [1.165, 1.54) is 5.56 Å². The second kappa shape index (κ2) is 10.8. The Hall–Kier alpha value is -1.88. The van der Waals surface area contributed by atoms with Gasteiger partial charge in [-0.15, -0.1) is 0 Å². The average Bonchev–Trinajstić information content (AvgIpc) is 3.18. The molecule has 0 aliphatic carbocycles. The molecule has 1 aliphatic rings. The van der Waals surface area contributed by atoms with Crippen molar-refractivity contribution in [2.45, 2.75) is 45.7 Å². The molecule has 0 bridgehead atoms. The maximum atomic E-state index is 12.6. The van der Waals surface area contributed by atoms with E-state index >= 15 is 0 Å². The third kappa shape index (κ3) is 6.05. The summed E-state index contributed by atoms with van der Waals surface area (Å²) >= 11 is 6.30. The number of amides is 1. The summed E-state index contributed by atoms with van der Waals surface area (Å²) < 4.78 is 5.33. The van der Waals surface area contributed by atoms with E-state index in [0.29, 0.717) is 13.2 Å². The summed E-state index contributed by atoms with van der Waals surface area (Å²) in [5, 5.41) is 3.86. The summed E-state index contributed by atoms with van der Waals surface area (Å²) in [6.45, 7) is 7.82. The van der Waals surface area contributed by atoms with Gasteiger partial charge in [-0.25, -0.2) is 0 Å². The van der Waals surface area contributed by atoms with Crippen LogP contribution in [-0.4, -0.2) is 43.2 Å². The van der Waals surface area contributed by atoms with Crippen molar-refractivity contribution in [1.29, 1.82) is 0 Å². The number of nitrogens with one attached hydrogen (secondary N) is 1. The van der Waals surface area contributed by atoms with Crippen molar-refractivity contribution in [3.63, 3.8) is 0 Å². The Balaban J connectivity index is 1.61. The molecule has 29 heavy (non-hydrogen) atoms. The highest BCUT2D eigenvalue weighted by atomic mass is 35.5. The third-order valence-corrected chi connectivity index (χ3v) is 5.86. The molecule has 1 N–H and O–H groups in total. The minimum Gasteiger partial charge on any atom is -0.382 e. The number of carbonyl (C=O) groups excluding carboxylic acids is 1. The third-order valence-electron chi connectivity index (χ3n) is 5.45. The first kappa shape index (κ1) is 21.8. The van der Waals surface area contributed by atoms with Crippen LogP contribution in [0.4, 0.5) is 0 Å². The van der Waals surface area contributed by atoms with Crippen LogP contribution in [0.2, 0.25) is 5.02 Å². The van der Waals surface area contributed by atoms with Crippen LogP contribution in [0.1, 0.15) is 37.3 Å². The minimum absolute atomic E-state index is 0.0421. The first-order valence-electron chi connectivity index (χ1n) is 10.5. The van der Waals surface area contributed by atoms with Gasteiger partial charge in [0.2, 0.25) is 5.91 Å². The van der Waals surface area contributed by atoms with Crippen molar-refractivity contribution in [2.24, 2.45) is 0 Å². The van der Waals surface area contributed by atoms with Crippen molar-refractivity contribution in [2.75, 3.05) is 26.3 Å². The molecule has 5 heteroatoms. The molecule has 1 atom stereocenters. The SMILES string of the molecule is CCOCCCNC(=O)C1CCCN1Cc1cccc(-c2ccc(C)c(Cl)c2)c1. The molecule has 1 saturated heterocycles. The largest absolute Gasteiger partial charge is 0.382 e. The zero-order chi connectivity index (χ0) is 20.6. The van der Waals surface area contributed by atoms with E-state index in [1.54, 1.807) is 0 Å². The van der Waals surface area contributed by atoms with Gasteiger partial charge >= 0.3 is 0 Å². The molecule has 1 unspecified atom stereocenters. The highest BCUT2D eigenvalue weighted by molar-refractivity contribution is 6.31. The lowest BCUT2D eigenvalue weighted by Crippen LogP contribution is -2.43. The molecule has 1 heterocycles. The number of benzene rings is 2. The average molecular weight is 415 g/mol. The van der Waals surface area contributed by atoms with Crippen LogP contribution in [0, 0.1) is 6.92 Å². The molecule has 0 radical (unpaired) electrons. The molecular formula is C24H31ClN2O2. The van der Waals surface area contributed by atoms with Crippen molar-refractivity contribution in [1.82, 2.24) is 10.2 Å². The Morgan fingerprint density at radius 3 is 2.86 bits per heavy atom. The van der Waals surface area contributed by atoms with Crippen LogP contribution in [0.25, 0.3) is 11.1 Å². The molecular weight excluding hydrogens is 384 g/mol. The van der Waals surface area contributed by atoms with Gasteiger partial charge in [-0.1, -0.05) is 41.9 Å². The van der Waals surface area contributed by atoms with Crippen LogP contribution >= 0.6 is 11.6 Å². The van der Waals surface area contributed by atoms with E-state index in [0.717, 1.165) is 60.7 Å². The Kier molecular flexibility index (Phi) is 8.10. The number of hydrogen-bond donors (Lipinski definition) is 1. The van der Waals surface area contributed by atoms with Gasteiger partial charge in [0.25, 0.3) is 0 Å². The summed E-state index contributed by atoms with van der Waals surface area (Å²) in [6.07, 6.45) is 2.84. The molecule has 1 amide bonds. The molecule has 2 aromatic carbocycles. The van der Waals surface area contributed by atoms with E-state index in [9.17, 15) is 4.79 Å². The molecule has 2 aromatic rings. The number of carbonyl (C=O) groups is 1. The quantitative estimate of drug-likeness (QED) is 0.598. The molecule has 0 spiro atoms. The first-order valence-corrected chi connectivity index (χ1v) is 10.9. The van der Waals surface area contributed by atoms with E-state index in [4.69, 9.17) is 16.3 Å². The first-order chi connectivity index (χ1) is 14.1. The smallest absolute Gasteiger partial charge is 0.237 e. The zero-order valence-corrected chi connectivity index (χ0v) is 18.2. The lowest BCUT2D eigenvalue weighted by atomic mass is 10.0. The normalized spacial score (nSPS) is 16.9. The van der Waals surface area contributed by atoms with Gasteiger partial charge in [0.15, 0.2) is 0 Å². The Morgan fingerprint density at radius 2 is 2.07 bits per heavy atom. The highest BCUT2D eigenvalue weighted by Gasteiger charge is 2.30. The number of rotatable bonds is 9. The van der Waals surface area contributed by atoms with Crippen LogP contribution in [0.3, 0.4) is 0 Å². The van der Waals surface area contributed by atoms with E-state index < -0.39 is 0 Å². The minimum atomic E-state index is -0.0421. The van der Waals surface area contributed by atoms with Crippen molar-refractivity contribution < 1.29 is 9.53 Å². The van der Waals surface area contributed by atoms with Gasteiger partial charge in [-0.2, -0.15) is 0 Å². The number of nitrogens with zero attached hydrogens (tertiary/aromatic N) is 1. The molecule has 1 fully saturated rings. The topological polar surface area (TPSA) is 41.6 Å². The molecule has 1 aliphatic heterocycles.